The topological polar surface area (TPSA) is 43.8 Å². The molecule has 3 heteroatoms. The summed E-state index contributed by atoms with van der Waals surface area (Å²) in [6.45, 7) is 2.01. The lowest BCUT2D eigenvalue weighted by atomic mass is 10.1. The third kappa shape index (κ3) is 2.22. The zero-order valence-corrected chi connectivity index (χ0v) is 10.7. The minimum Gasteiger partial charge on any atom is -0.399 e. The van der Waals surface area contributed by atoms with Gasteiger partial charge >= 0.3 is 0 Å². The first-order chi connectivity index (χ1) is 9.24. The van der Waals surface area contributed by atoms with Crippen LogP contribution in [-0.4, -0.2) is 9.78 Å². The first-order valence-electron chi connectivity index (χ1n) is 6.20. The summed E-state index contributed by atoms with van der Waals surface area (Å²) >= 11 is 0. The van der Waals surface area contributed by atoms with Crippen molar-refractivity contribution < 1.29 is 0 Å². The van der Waals surface area contributed by atoms with Crippen molar-refractivity contribution in [3.8, 4) is 16.8 Å². The molecule has 1 aromatic heterocycles. The highest BCUT2D eigenvalue weighted by Gasteiger charge is 2.04. The standard InChI is InChI=1S/C16H15N3/c1-12-9-13(7-8-16(12)17)14-10-18-19(11-14)15-5-3-2-4-6-15/h2-11H,17H2,1H3. The van der Waals surface area contributed by atoms with E-state index in [9.17, 15) is 0 Å². The van der Waals surface area contributed by atoms with E-state index in [2.05, 4.69) is 11.2 Å². The van der Waals surface area contributed by atoms with Gasteiger partial charge in [0.1, 0.15) is 0 Å². The second kappa shape index (κ2) is 4.61. The van der Waals surface area contributed by atoms with Crippen LogP contribution in [0.15, 0.2) is 60.9 Å². The van der Waals surface area contributed by atoms with Crippen molar-refractivity contribution in [1.29, 1.82) is 0 Å². The predicted octanol–water partition coefficient (Wildman–Crippen LogP) is 3.43. The molecule has 0 atom stereocenters. The number of aryl methyl sites for hydroxylation is 1. The van der Waals surface area contributed by atoms with E-state index in [1.807, 2.05) is 66.5 Å². The molecule has 3 nitrogen and oxygen atoms in total. The lowest BCUT2D eigenvalue weighted by Crippen LogP contribution is -1.92. The van der Waals surface area contributed by atoms with Crippen LogP contribution in [0.25, 0.3) is 16.8 Å². The number of aromatic nitrogens is 2. The van der Waals surface area contributed by atoms with E-state index in [1.165, 1.54) is 0 Å². The molecule has 19 heavy (non-hydrogen) atoms. The van der Waals surface area contributed by atoms with Gasteiger partial charge in [-0.15, -0.1) is 0 Å². The molecule has 3 aromatic rings. The summed E-state index contributed by atoms with van der Waals surface area (Å²) < 4.78 is 1.88. The average molecular weight is 249 g/mol. The zero-order valence-electron chi connectivity index (χ0n) is 10.7. The Hall–Kier alpha value is -2.55. The molecule has 0 aliphatic heterocycles. The molecule has 0 amide bonds. The minimum absolute atomic E-state index is 0.819. The Kier molecular flexibility index (Phi) is 2.80. The molecule has 0 spiro atoms. The lowest BCUT2D eigenvalue weighted by Gasteiger charge is -2.03. The highest BCUT2D eigenvalue weighted by molar-refractivity contribution is 5.66. The van der Waals surface area contributed by atoms with Crippen LogP contribution in [0, 0.1) is 6.92 Å². The van der Waals surface area contributed by atoms with E-state index in [1.54, 1.807) is 0 Å². The number of rotatable bonds is 2. The summed E-state index contributed by atoms with van der Waals surface area (Å²) in [5, 5.41) is 4.40. The molecular formula is C16H15N3. The van der Waals surface area contributed by atoms with Crippen LogP contribution in [0.1, 0.15) is 5.56 Å². The van der Waals surface area contributed by atoms with Crippen molar-refractivity contribution >= 4 is 5.69 Å². The molecule has 2 aromatic carbocycles. The van der Waals surface area contributed by atoms with Gasteiger partial charge in [-0.1, -0.05) is 24.3 Å². The van der Waals surface area contributed by atoms with Crippen LogP contribution >= 0.6 is 0 Å². The summed E-state index contributed by atoms with van der Waals surface area (Å²) in [7, 11) is 0. The maximum atomic E-state index is 5.84. The summed E-state index contributed by atoms with van der Waals surface area (Å²) in [6, 6.07) is 16.1. The van der Waals surface area contributed by atoms with E-state index in [0.717, 1.165) is 28.1 Å². The number of hydrogen-bond acceptors (Lipinski definition) is 2. The summed E-state index contributed by atoms with van der Waals surface area (Å²) in [4.78, 5) is 0. The Morgan fingerprint density at radius 2 is 1.79 bits per heavy atom. The van der Waals surface area contributed by atoms with E-state index in [0.29, 0.717) is 0 Å². The fourth-order valence-corrected chi connectivity index (χ4v) is 2.05. The van der Waals surface area contributed by atoms with Crippen molar-refractivity contribution in [2.24, 2.45) is 0 Å². The molecule has 0 aliphatic rings. The monoisotopic (exact) mass is 249 g/mol. The summed E-state index contributed by atoms with van der Waals surface area (Å²) in [6.07, 6.45) is 3.90. The van der Waals surface area contributed by atoms with Crippen molar-refractivity contribution in [1.82, 2.24) is 9.78 Å². The molecule has 0 bridgehead atoms. The molecule has 0 fully saturated rings. The third-order valence-corrected chi connectivity index (χ3v) is 3.21. The maximum absolute atomic E-state index is 5.84. The Morgan fingerprint density at radius 1 is 1.00 bits per heavy atom. The number of benzene rings is 2. The van der Waals surface area contributed by atoms with E-state index in [-0.39, 0.29) is 0 Å². The largest absolute Gasteiger partial charge is 0.399 e. The first-order valence-corrected chi connectivity index (χ1v) is 6.20. The molecule has 1 heterocycles. The molecule has 0 saturated heterocycles. The number of nitrogen functional groups attached to an aromatic ring is 1. The molecule has 0 radical (unpaired) electrons. The van der Waals surface area contributed by atoms with Gasteiger partial charge in [-0.2, -0.15) is 5.10 Å². The molecule has 0 aliphatic carbocycles. The second-order valence-electron chi connectivity index (χ2n) is 4.58. The maximum Gasteiger partial charge on any atom is 0.0645 e. The van der Waals surface area contributed by atoms with Crippen molar-refractivity contribution in [2.45, 2.75) is 6.92 Å². The van der Waals surface area contributed by atoms with Gasteiger partial charge < -0.3 is 5.73 Å². The molecule has 2 N–H and O–H groups in total. The quantitative estimate of drug-likeness (QED) is 0.707. The van der Waals surface area contributed by atoms with Crippen molar-refractivity contribution in [3.05, 3.63) is 66.5 Å². The van der Waals surface area contributed by atoms with Gasteiger partial charge in [0, 0.05) is 17.4 Å². The Bertz CT molecular complexity index is 699. The Morgan fingerprint density at radius 3 is 2.53 bits per heavy atom. The molecule has 3 rings (SSSR count). The first kappa shape index (κ1) is 11.5. The SMILES string of the molecule is Cc1cc(-c2cnn(-c3ccccc3)c2)ccc1N. The predicted molar refractivity (Wildman–Crippen MR) is 78.1 cm³/mol. The van der Waals surface area contributed by atoms with Gasteiger partial charge in [0.25, 0.3) is 0 Å². The smallest absolute Gasteiger partial charge is 0.0645 e. The van der Waals surface area contributed by atoms with Crippen LogP contribution in [0.3, 0.4) is 0 Å². The fourth-order valence-electron chi connectivity index (χ4n) is 2.05. The number of hydrogen-bond donors (Lipinski definition) is 1. The number of anilines is 1. The molecule has 94 valence electrons. The van der Waals surface area contributed by atoms with Crippen molar-refractivity contribution in [3.63, 3.8) is 0 Å². The van der Waals surface area contributed by atoms with Gasteiger partial charge in [-0.25, -0.2) is 4.68 Å². The number of nitrogens with zero attached hydrogens (tertiary/aromatic N) is 2. The normalized spacial score (nSPS) is 10.6. The highest BCUT2D eigenvalue weighted by atomic mass is 15.3. The van der Waals surface area contributed by atoms with E-state index in [4.69, 9.17) is 5.73 Å². The van der Waals surface area contributed by atoms with Gasteiger partial charge in [-0.05, 0) is 42.3 Å². The molecule has 0 unspecified atom stereocenters. The Balaban J connectivity index is 1.99. The average Bonchev–Trinajstić information content (AvgIpc) is 2.93. The third-order valence-electron chi connectivity index (χ3n) is 3.21. The van der Waals surface area contributed by atoms with Crippen LogP contribution < -0.4 is 5.73 Å². The summed E-state index contributed by atoms with van der Waals surface area (Å²) in [5.41, 5.74) is 11.0. The minimum atomic E-state index is 0.819. The van der Waals surface area contributed by atoms with Crippen LogP contribution in [-0.2, 0) is 0 Å². The lowest BCUT2D eigenvalue weighted by molar-refractivity contribution is 0.881. The van der Waals surface area contributed by atoms with Crippen molar-refractivity contribution in [2.75, 3.05) is 5.73 Å². The van der Waals surface area contributed by atoms with Crippen LogP contribution in [0.4, 0.5) is 5.69 Å². The number of para-hydroxylation sites is 1. The van der Waals surface area contributed by atoms with Gasteiger partial charge in [0.15, 0.2) is 0 Å². The number of nitrogens with two attached hydrogens (primary N) is 1. The van der Waals surface area contributed by atoms with E-state index >= 15 is 0 Å². The van der Waals surface area contributed by atoms with Crippen LogP contribution in [0.2, 0.25) is 0 Å². The van der Waals surface area contributed by atoms with Gasteiger partial charge in [-0.3, -0.25) is 0 Å². The fraction of sp³-hybridized carbons (Fsp3) is 0.0625. The Labute approximate surface area is 112 Å². The summed E-state index contributed by atoms with van der Waals surface area (Å²) in [5.74, 6) is 0. The zero-order chi connectivity index (χ0) is 13.2. The van der Waals surface area contributed by atoms with Gasteiger partial charge in [0.2, 0.25) is 0 Å². The highest BCUT2D eigenvalue weighted by Crippen LogP contribution is 2.23. The molecule has 0 saturated carbocycles. The van der Waals surface area contributed by atoms with Gasteiger partial charge in [0.05, 0.1) is 11.9 Å². The van der Waals surface area contributed by atoms with Crippen LogP contribution in [0.5, 0.6) is 0 Å². The molecular weight excluding hydrogens is 234 g/mol. The second-order valence-corrected chi connectivity index (χ2v) is 4.58. The van der Waals surface area contributed by atoms with E-state index < -0.39 is 0 Å².